The molecular weight excluding hydrogens is 322 g/mol. The maximum absolute atomic E-state index is 12.7. The summed E-state index contributed by atoms with van der Waals surface area (Å²) in [5.74, 6) is 0.776. The van der Waals surface area contributed by atoms with Crippen LogP contribution in [0.5, 0.6) is 0 Å². The van der Waals surface area contributed by atoms with E-state index in [9.17, 15) is 4.79 Å². The van der Waals surface area contributed by atoms with Gasteiger partial charge in [0, 0.05) is 26.2 Å². The van der Waals surface area contributed by atoms with Crippen molar-refractivity contribution in [3.8, 4) is 0 Å². The van der Waals surface area contributed by atoms with E-state index in [2.05, 4.69) is 53.2 Å². The minimum absolute atomic E-state index is 0.0959. The highest BCUT2D eigenvalue weighted by atomic mass is 16.1. The molecule has 2 unspecified atom stereocenters. The molecule has 26 heavy (non-hydrogen) atoms. The molecule has 0 bridgehead atoms. The summed E-state index contributed by atoms with van der Waals surface area (Å²) in [7, 11) is 4.07. The van der Waals surface area contributed by atoms with E-state index in [1.165, 1.54) is 24.0 Å². The van der Waals surface area contributed by atoms with Crippen molar-refractivity contribution >= 4 is 5.91 Å². The number of benzene rings is 1. The number of carbonyl (C=O) groups is 1. The number of rotatable bonds is 9. The van der Waals surface area contributed by atoms with E-state index in [1.807, 2.05) is 14.1 Å². The Morgan fingerprint density at radius 1 is 1.19 bits per heavy atom. The first-order chi connectivity index (χ1) is 12.5. The number of carbonyl (C=O) groups excluding carboxylic acids is 1. The molecule has 1 fully saturated rings. The van der Waals surface area contributed by atoms with E-state index in [0.717, 1.165) is 45.6 Å². The highest BCUT2D eigenvalue weighted by Gasteiger charge is 2.31. The lowest BCUT2D eigenvalue weighted by Crippen LogP contribution is -2.46. The molecule has 1 aliphatic rings. The molecule has 0 saturated carbocycles. The summed E-state index contributed by atoms with van der Waals surface area (Å²) < 4.78 is 0. The van der Waals surface area contributed by atoms with Gasteiger partial charge in [-0.15, -0.1) is 0 Å². The van der Waals surface area contributed by atoms with Crippen LogP contribution in [0.2, 0.25) is 0 Å². The minimum atomic E-state index is 0.0959. The first-order valence-corrected chi connectivity index (χ1v) is 10.3. The van der Waals surface area contributed by atoms with E-state index in [4.69, 9.17) is 0 Å². The Morgan fingerprint density at radius 2 is 1.92 bits per heavy atom. The van der Waals surface area contributed by atoms with Gasteiger partial charge in [-0.2, -0.15) is 0 Å². The smallest absolute Gasteiger partial charge is 0.224 e. The fraction of sp³-hybridized carbons (Fsp3) is 0.682. The summed E-state index contributed by atoms with van der Waals surface area (Å²) in [6, 6.07) is 9.03. The third-order valence-corrected chi connectivity index (χ3v) is 5.44. The normalized spacial score (nSPS) is 21.1. The Labute approximate surface area is 159 Å². The van der Waals surface area contributed by atoms with Gasteiger partial charge < -0.3 is 15.1 Å². The van der Waals surface area contributed by atoms with Gasteiger partial charge in [-0.05, 0) is 56.9 Å². The third kappa shape index (κ3) is 6.40. The Kier molecular flexibility index (Phi) is 8.60. The molecule has 2 atom stereocenters. The molecule has 1 aromatic rings. The molecule has 1 saturated heterocycles. The van der Waals surface area contributed by atoms with E-state index >= 15 is 0 Å². The Hall–Kier alpha value is -1.39. The third-order valence-electron chi connectivity index (χ3n) is 5.44. The number of hydrogen-bond acceptors (Lipinski definition) is 3. The van der Waals surface area contributed by atoms with Gasteiger partial charge in [0.25, 0.3) is 0 Å². The van der Waals surface area contributed by atoms with E-state index in [1.54, 1.807) is 0 Å². The molecule has 1 N–H and O–H groups in total. The van der Waals surface area contributed by atoms with Crippen LogP contribution in [-0.2, 0) is 11.2 Å². The van der Waals surface area contributed by atoms with Crippen molar-refractivity contribution in [2.24, 2.45) is 5.92 Å². The summed E-state index contributed by atoms with van der Waals surface area (Å²) in [5, 5.41) is 3.14. The molecule has 1 aromatic carbocycles. The Bertz CT molecular complexity index is 541. The zero-order valence-electron chi connectivity index (χ0n) is 17.1. The predicted octanol–water partition coefficient (Wildman–Crippen LogP) is 3.13. The fourth-order valence-corrected chi connectivity index (χ4v) is 3.76. The second kappa shape index (κ2) is 10.7. The molecule has 0 aliphatic carbocycles. The van der Waals surface area contributed by atoms with Crippen molar-refractivity contribution < 1.29 is 4.79 Å². The minimum Gasteiger partial charge on any atom is -0.355 e. The fourth-order valence-electron chi connectivity index (χ4n) is 3.76. The lowest BCUT2D eigenvalue weighted by molar-refractivity contribution is -0.127. The van der Waals surface area contributed by atoms with Crippen molar-refractivity contribution in [2.75, 3.05) is 46.8 Å². The monoisotopic (exact) mass is 359 g/mol. The van der Waals surface area contributed by atoms with Gasteiger partial charge >= 0.3 is 0 Å². The average molecular weight is 360 g/mol. The first-order valence-electron chi connectivity index (χ1n) is 10.3. The number of amides is 1. The largest absolute Gasteiger partial charge is 0.355 e. The number of nitrogens with one attached hydrogen (secondary N) is 1. The van der Waals surface area contributed by atoms with Gasteiger partial charge in [0.05, 0.1) is 5.92 Å². The van der Waals surface area contributed by atoms with Crippen LogP contribution in [0.1, 0.15) is 50.2 Å². The number of unbranched alkanes of at least 4 members (excludes halogenated alkanes) is 1. The van der Waals surface area contributed by atoms with Gasteiger partial charge in [-0.25, -0.2) is 0 Å². The first kappa shape index (κ1) is 20.9. The molecular formula is C22H37N3O. The molecule has 2 rings (SSSR count). The highest BCUT2D eigenvalue weighted by Crippen LogP contribution is 2.31. The maximum Gasteiger partial charge on any atom is 0.224 e. The molecule has 0 aromatic heterocycles. The average Bonchev–Trinajstić information content (AvgIpc) is 2.65. The highest BCUT2D eigenvalue weighted by molar-refractivity contribution is 5.79. The maximum atomic E-state index is 12.7. The number of aryl methyl sites for hydroxylation is 1. The predicted molar refractivity (Wildman–Crippen MR) is 110 cm³/mol. The van der Waals surface area contributed by atoms with Crippen LogP contribution >= 0.6 is 0 Å². The van der Waals surface area contributed by atoms with Crippen LogP contribution in [-0.4, -0.2) is 62.5 Å². The summed E-state index contributed by atoms with van der Waals surface area (Å²) in [6.07, 6.45) is 4.44. The molecule has 0 radical (unpaired) electrons. The van der Waals surface area contributed by atoms with Crippen LogP contribution < -0.4 is 5.32 Å². The molecule has 1 aliphatic heterocycles. The molecule has 4 nitrogen and oxygen atoms in total. The molecule has 1 heterocycles. The second-order valence-corrected chi connectivity index (χ2v) is 7.93. The number of hydrogen-bond donors (Lipinski definition) is 1. The number of likely N-dealkylation sites (tertiary alicyclic amines) is 1. The lowest BCUT2D eigenvalue weighted by atomic mass is 9.83. The van der Waals surface area contributed by atoms with E-state index in [-0.39, 0.29) is 11.8 Å². The van der Waals surface area contributed by atoms with Crippen molar-refractivity contribution in [1.82, 2.24) is 15.1 Å². The molecule has 0 spiro atoms. The standard InChI is InChI=1S/C22H37N3O/c1-5-7-13-25-16-20(19-10-8-18(6-2)9-11-19)15-21(17-25)22(26)23-12-14-24(3)4/h8-11,20-21H,5-7,12-17H2,1-4H3,(H,23,26). The lowest BCUT2D eigenvalue weighted by Gasteiger charge is -2.37. The van der Waals surface area contributed by atoms with Gasteiger partial charge in [0.2, 0.25) is 5.91 Å². The number of piperidine rings is 1. The second-order valence-electron chi connectivity index (χ2n) is 7.93. The summed E-state index contributed by atoms with van der Waals surface area (Å²) in [5.41, 5.74) is 2.76. The van der Waals surface area contributed by atoms with Crippen LogP contribution in [0.25, 0.3) is 0 Å². The van der Waals surface area contributed by atoms with Crippen LogP contribution in [0.3, 0.4) is 0 Å². The quantitative estimate of drug-likeness (QED) is 0.736. The molecule has 146 valence electrons. The number of nitrogens with zero attached hydrogens (tertiary/aromatic N) is 2. The summed E-state index contributed by atoms with van der Waals surface area (Å²) in [6.45, 7) is 9.12. The summed E-state index contributed by atoms with van der Waals surface area (Å²) >= 11 is 0. The Balaban J connectivity index is 2.03. The van der Waals surface area contributed by atoms with Crippen molar-refractivity contribution in [2.45, 2.75) is 45.4 Å². The van der Waals surface area contributed by atoms with E-state index in [0.29, 0.717) is 5.92 Å². The van der Waals surface area contributed by atoms with Gasteiger partial charge in [-0.3, -0.25) is 4.79 Å². The van der Waals surface area contributed by atoms with Crippen LogP contribution in [0, 0.1) is 5.92 Å². The SMILES string of the molecule is CCCCN1CC(C(=O)NCCN(C)C)CC(c2ccc(CC)cc2)C1. The summed E-state index contributed by atoms with van der Waals surface area (Å²) in [4.78, 5) is 17.3. The number of likely N-dealkylation sites (N-methyl/N-ethyl adjacent to an activating group) is 1. The van der Waals surface area contributed by atoms with Crippen LogP contribution in [0.4, 0.5) is 0 Å². The van der Waals surface area contributed by atoms with Crippen molar-refractivity contribution in [1.29, 1.82) is 0 Å². The van der Waals surface area contributed by atoms with Crippen molar-refractivity contribution in [3.05, 3.63) is 35.4 Å². The Morgan fingerprint density at radius 3 is 2.54 bits per heavy atom. The van der Waals surface area contributed by atoms with Crippen molar-refractivity contribution in [3.63, 3.8) is 0 Å². The van der Waals surface area contributed by atoms with E-state index < -0.39 is 0 Å². The zero-order chi connectivity index (χ0) is 18.9. The molecule has 1 amide bonds. The van der Waals surface area contributed by atoms with Gasteiger partial charge in [0.1, 0.15) is 0 Å². The topological polar surface area (TPSA) is 35.6 Å². The zero-order valence-corrected chi connectivity index (χ0v) is 17.1. The van der Waals surface area contributed by atoms with Crippen LogP contribution in [0.15, 0.2) is 24.3 Å². The molecule has 4 heteroatoms. The van der Waals surface area contributed by atoms with Gasteiger partial charge in [-0.1, -0.05) is 44.5 Å². The van der Waals surface area contributed by atoms with Gasteiger partial charge in [0.15, 0.2) is 0 Å².